The molecule has 1 N–H and O–H groups in total. The molecule has 0 saturated carbocycles. The number of nitrogens with one attached hydrogen (secondary N) is 1. The van der Waals surface area contributed by atoms with E-state index in [-0.39, 0.29) is 17.6 Å². The quantitative estimate of drug-likeness (QED) is 0.898. The number of fused-ring (bicyclic) bond motifs is 1. The van der Waals surface area contributed by atoms with Gasteiger partial charge in [0.15, 0.2) is 0 Å². The second-order valence-corrected chi connectivity index (χ2v) is 5.45. The zero-order chi connectivity index (χ0) is 14.2. The minimum absolute atomic E-state index is 0.0645. The van der Waals surface area contributed by atoms with Crippen molar-refractivity contribution in [1.29, 1.82) is 0 Å². The Labute approximate surface area is 120 Å². The summed E-state index contributed by atoms with van der Waals surface area (Å²) in [5, 5.41) is 7.71. The van der Waals surface area contributed by atoms with E-state index < -0.39 is 0 Å². The van der Waals surface area contributed by atoms with E-state index in [0.717, 1.165) is 30.5 Å². The summed E-state index contributed by atoms with van der Waals surface area (Å²) in [6.07, 6.45) is 6.06. The maximum atomic E-state index is 12.3. The highest BCUT2D eigenvalue weighted by molar-refractivity contribution is 5.24. The Morgan fingerprint density at radius 2 is 2.29 bits per heavy atom. The summed E-state index contributed by atoms with van der Waals surface area (Å²) in [5.74, 6) is 0. The smallest absolute Gasteiger partial charge is 0.294 e. The third kappa shape index (κ3) is 2.23. The third-order valence-electron chi connectivity index (χ3n) is 4.09. The van der Waals surface area contributed by atoms with E-state index in [1.807, 2.05) is 0 Å². The first-order valence-electron chi connectivity index (χ1n) is 7.16. The van der Waals surface area contributed by atoms with Crippen LogP contribution in [0.25, 0.3) is 0 Å². The molecule has 21 heavy (non-hydrogen) atoms. The van der Waals surface area contributed by atoms with Crippen molar-refractivity contribution in [3.05, 3.63) is 40.1 Å². The molecule has 110 valence electrons. The maximum absolute atomic E-state index is 12.3. The van der Waals surface area contributed by atoms with E-state index in [4.69, 9.17) is 9.15 Å². The lowest BCUT2D eigenvalue weighted by molar-refractivity contribution is 0.182. The third-order valence-corrected chi connectivity index (χ3v) is 4.09. The molecule has 7 nitrogen and oxygen atoms in total. The first-order valence-corrected chi connectivity index (χ1v) is 7.16. The predicted octanol–water partition coefficient (Wildman–Crippen LogP) is 0.772. The molecule has 0 spiro atoms. The summed E-state index contributed by atoms with van der Waals surface area (Å²) >= 11 is 0. The highest BCUT2D eigenvalue weighted by atomic mass is 16.5. The largest absolute Gasteiger partial charge is 0.432 e. The number of aryl methyl sites for hydroxylation is 2. The minimum atomic E-state index is -0.143. The first kappa shape index (κ1) is 12.6. The summed E-state index contributed by atoms with van der Waals surface area (Å²) in [6.45, 7) is 0.961. The van der Waals surface area contributed by atoms with Gasteiger partial charge in [0.1, 0.15) is 12.3 Å². The van der Waals surface area contributed by atoms with Crippen LogP contribution in [0.5, 0.6) is 0 Å². The molecule has 1 aliphatic heterocycles. The molecule has 2 aromatic rings. The van der Waals surface area contributed by atoms with Gasteiger partial charge in [0.25, 0.3) is 11.6 Å². The molecule has 7 heteroatoms. The van der Waals surface area contributed by atoms with Crippen molar-refractivity contribution in [3.63, 3.8) is 0 Å². The summed E-state index contributed by atoms with van der Waals surface area (Å²) in [7, 11) is 0. The van der Waals surface area contributed by atoms with Gasteiger partial charge in [-0.3, -0.25) is 4.79 Å². The van der Waals surface area contributed by atoms with Crippen LogP contribution < -0.4 is 10.9 Å². The van der Waals surface area contributed by atoms with Crippen molar-refractivity contribution in [2.45, 2.75) is 31.3 Å². The fourth-order valence-electron chi connectivity index (χ4n) is 3.03. The fraction of sp³-hybridized carbons (Fsp3) is 0.500. The Hall–Kier alpha value is -2.15. The number of aromatic nitrogens is 3. The normalized spacial score (nSPS) is 24.2. The van der Waals surface area contributed by atoms with E-state index in [9.17, 15) is 4.79 Å². The number of hydrogen-bond donors (Lipinski definition) is 1. The summed E-state index contributed by atoms with van der Waals surface area (Å²) in [6, 6.07) is 1.93. The minimum Gasteiger partial charge on any atom is -0.432 e. The van der Waals surface area contributed by atoms with Crippen LogP contribution in [0.1, 0.15) is 23.7 Å². The zero-order valence-electron chi connectivity index (χ0n) is 11.5. The lowest BCUT2D eigenvalue weighted by Crippen LogP contribution is -2.37. The Bertz CT molecular complexity index is 695. The van der Waals surface area contributed by atoms with E-state index in [1.165, 1.54) is 6.26 Å². The Kier molecular flexibility index (Phi) is 2.99. The number of rotatable bonds is 3. The van der Waals surface area contributed by atoms with Crippen molar-refractivity contribution in [2.75, 3.05) is 18.5 Å². The number of anilines is 1. The summed E-state index contributed by atoms with van der Waals surface area (Å²) in [4.78, 5) is 16.3. The van der Waals surface area contributed by atoms with E-state index in [2.05, 4.69) is 15.4 Å². The monoisotopic (exact) mass is 288 g/mol. The van der Waals surface area contributed by atoms with Crippen molar-refractivity contribution < 1.29 is 9.15 Å². The molecule has 4 rings (SSSR count). The number of oxazole rings is 1. The van der Waals surface area contributed by atoms with E-state index in [1.54, 1.807) is 16.9 Å². The van der Waals surface area contributed by atoms with Gasteiger partial charge < -0.3 is 14.5 Å². The standard InChI is InChI=1S/C14H16N4O3/c19-13-6-9-2-1-3-10(9)17-18(13)12-8-20-7-11(12)16-14-15-4-5-21-14/h4-6,11-12H,1-3,7-8H2,(H,15,16). The van der Waals surface area contributed by atoms with Gasteiger partial charge in [0.2, 0.25) is 0 Å². The van der Waals surface area contributed by atoms with Crippen LogP contribution >= 0.6 is 0 Å². The molecule has 2 aliphatic rings. The zero-order valence-corrected chi connectivity index (χ0v) is 11.5. The van der Waals surface area contributed by atoms with Crippen LogP contribution in [0.15, 0.2) is 27.7 Å². The molecule has 2 unspecified atom stereocenters. The van der Waals surface area contributed by atoms with E-state index >= 15 is 0 Å². The highest BCUT2D eigenvalue weighted by Gasteiger charge is 2.33. The average Bonchev–Trinajstić information content (AvgIpc) is 3.19. The molecule has 3 heterocycles. The number of nitrogens with zero attached hydrogens (tertiary/aromatic N) is 3. The molecule has 0 radical (unpaired) electrons. The Morgan fingerprint density at radius 1 is 1.33 bits per heavy atom. The molecule has 0 bridgehead atoms. The molecule has 0 amide bonds. The SMILES string of the molecule is O=c1cc2c(nn1C1COCC1Nc1ncco1)CCC2. The number of ether oxygens (including phenoxy) is 1. The van der Waals surface area contributed by atoms with Crippen LogP contribution in [0.3, 0.4) is 0 Å². The van der Waals surface area contributed by atoms with Crippen molar-refractivity contribution in [1.82, 2.24) is 14.8 Å². The molecule has 2 atom stereocenters. The molecule has 1 aliphatic carbocycles. The van der Waals surface area contributed by atoms with Crippen molar-refractivity contribution in [2.24, 2.45) is 0 Å². The second-order valence-electron chi connectivity index (χ2n) is 5.45. The van der Waals surface area contributed by atoms with Crippen molar-refractivity contribution >= 4 is 6.01 Å². The van der Waals surface area contributed by atoms with Crippen LogP contribution in [0, 0.1) is 0 Å². The second kappa shape index (κ2) is 5.00. The Morgan fingerprint density at radius 3 is 3.14 bits per heavy atom. The molecular weight excluding hydrogens is 272 g/mol. The molecule has 0 aromatic carbocycles. The van der Waals surface area contributed by atoms with Gasteiger partial charge in [-0.15, -0.1) is 0 Å². The highest BCUT2D eigenvalue weighted by Crippen LogP contribution is 2.23. The molecule has 1 saturated heterocycles. The van der Waals surface area contributed by atoms with Gasteiger partial charge >= 0.3 is 0 Å². The molecule has 2 aromatic heterocycles. The van der Waals surface area contributed by atoms with Gasteiger partial charge in [-0.05, 0) is 24.8 Å². The van der Waals surface area contributed by atoms with Crippen molar-refractivity contribution in [3.8, 4) is 0 Å². The predicted molar refractivity (Wildman–Crippen MR) is 74.3 cm³/mol. The molecule has 1 fully saturated rings. The number of hydrogen-bond acceptors (Lipinski definition) is 6. The topological polar surface area (TPSA) is 82.2 Å². The van der Waals surface area contributed by atoms with Crippen LogP contribution in [0.4, 0.5) is 6.01 Å². The average molecular weight is 288 g/mol. The maximum Gasteiger partial charge on any atom is 0.294 e. The van der Waals surface area contributed by atoms with Gasteiger partial charge in [0, 0.05) is 6.07 Å². The van der Waals surface area contributed by atoms with Gasteiger partial charge in [-0.25, -0.2) is 9.67 Å². The summed E-state index contributed by atoms with van der Waals surface area (Å²) in [5.41, 5.74) is 2.06. The first-order chi connectivity index (χ1) is 10.3. The summed E-state index contributed by atoms with van der Waals surface area (Å²) < 4.78 is 12.3. The lowest BCUT2D eigenvalue weighted by Gasteiger charge is -2.19. The van der Waals surface area contributed by atoms with Gasteiger partial charge in [-0.2, -0.15) is 5.10 Å². The van der Waals surface area contributed by atoms with Crippen LogP contribution in [0.2, 0.25) is 0 Å². The fourth-order valence-corrected chi connectivity index (χ4v) is 3.03. The van der Waals surface area contributed by atoms with Gasteiger partial charge in [0.05, 0.1) is 31.1 Å². The van der Waals surface area contributed by atoms with Crippen LogP contribution in [-0.2, 0) is 17.6 Å². The lowest BCUT2D eigenvalue weighted by atomic mass is 10.1. The van der Waals surface area contributed by atoms with Gasteiger partial charge in [-0.1, -0.05) is 0 Å². The molecular formula is C14H16N4O3. The van der Waals surface area contributed by atoms with E-state index in [0.29, 0.717) is 19.2 Å². The Balaban J connectivity index is 1.64. The van der Waals surface area contributed by atoms with Crippen LogP contribution in [-0.4, -0.2) is 34.0 Å².